The third-order valence-corrected chi connectivity index (χ3v) is 6.40. The zero-order chi connectivity index (χ0) is 27.0. The molecule has 2 unspecified atom stereocenters. The first-order valence-corrected chi connectivity index (χ1v) is 11.9. The summed E-state index contributed by atoms with van der Waals surface area (Å²) in [6.07, 6.45) is -2.29. The molecule has 36 heavy (non-hydrogen) atoms. The minimum Gasteiger partial charge on any atom is -0.469 e. The second-order valence-corrected chi connectivity index (χ2v) is 10.5. The van der Waals surface area contributed by atoms with Crippen LogP contribution in [0.4, 0.5) is 28.0 Å². The normalized spacial score (nSPS) is 17.8. The molecule has 0 radical (unpaired) electrons. The van der Waals surface area contributed by atoms with Gasteiger partial charge < -0.3 is 20.1 Å². The van der Waals surface area contributed by atoms with E-state index in [2.05, 4.69) is 15.4 Å². The number of carbonyl (C=O) groups excluding carboxylic acids is 3. The van der Waals surface area contributed by atoms with Crippen molar-refractivity contribution in [1.82, 2.24) is 5.32 Å². The van der Waals surface area contributed by atoms with E-state index in [1.54, 1.807) is 20.8 Å². The molecule has 11 heteroatoms. The summed E-state index contributed by atoms with van der Waals surface area (Å²) in [5, 5.41) is 4.82. The maximum absolute atomic E-state index is 15.0. The second-order valence-electron chi connectivity index (χ2n) is 10.5. The van der Waals surface area contributed by atoms with E-state index in [1.807, 2.05) is 0 Å². The molecular weight excluding hydrogens is 484 g/mol. The van der Waals surface area contributed by atoms with Crippen molar-refractivity contribution in [2.75, 3.05) is 12.4 Å². The highest BCUT2D eigenvalue weighted by Crippen LogP contribution is 2.51. The second kappa shape index (κ2) is 10.3. The number of hydrogen-bond acceptors (Lipinski definition) is 5. The Balaban J connectivity index is 1.93. The molecule has 2 fully saturated rings. The van der Waals surface area contributed by atoms with Crippen LogP contribution in [0.2, 0.25) is 0 Å². The number of halogens is 4. The molecule has 0 saturated heterocycles. The van der Waals surface area contributed by atoms with Gasteiger partial charge in [0.2, 0.25) is 5.91 Å². The number of methoxy groups -OCH3 is 1. The molecule has 2 atom stereocenters. The van der Waals surface area contributed by atoms with Crippen LogP contribution in [0.15, 0.2) is 12.1 Å². The van der Waals surface area contributed by atoms with Crippen LogP contribution in [-0.4, -0.2) is 36.7 Å². The lowest BCUT2D eigenvalue weighted by molar-refractivity contribution is -0.143. The van der Waals surface area contributed by atoms with Gasteiger partial charge in [-0.2, -0.15) is 13.2 Å². The van der Waals surface area contributed by atoms with Gasteiger partial charge in [0, 0.05) is 0 Å². The average Bonchev–Trinajstić information content (AvgIpc) is 3.66. The molecule has 0 aliphatic heterocycles. The Labute approximate surface area is 207 Å². The van der Waals surface area contributed by atoms with E-state index in [0.29, 0.717) is 12.1 Å². The molecule has 2 aliphatic carbocycles. The van der Waals surface area contributed by atoms with Gasteiger partial charge in [0.1, 0.15) is 17.5 Å². The van der Waals surface area contributed by atoms with Crippen molar-refractivity contribution in [3.05, 3.63) is 29.1 Å². The van der Waals surface area contributed by atoms with Crippen LogP contribution < -0.4 is 10.6 Å². The van der Waals surface area contributed by atoms with E-state index in [4.69, 9.17) is 4.74 Å². The third kappa shape index (κ3) is 6.88. The summed E-state index contributed by atoms with van der Waals surface area (Å²) in [6.45, 7) is 6.15. The van der Waals surface area contributed by atoms with Crippen LogP contribution in [0.25, 0.3) is 0 Å². The molecule has 1 aromatic rings. The molecule has 2 aliphatic rings. The zero-order valence-electron chi connectivity index (χ0n) is 20.9. The van der Waals surface area contributed by atoms with Crippen LogP contribution in [0.1, 0.15) is 70.4 Å². The SMILES string of the molecule is COC(=O)C(C)c1cc(F)c(NC(=O)C(NC(=O)OC(C)(C)C)C(C2CC2)C2CC2)cc1C(F)(F)F. The number of hydrogen-bond donors (Lipinski definition) is 2. The van der Waals surface area contributed by atoms with Gasteiger partial charge >= 0.3 is 18.2 Å². The maximum Gasteiger partial charge on any atom is 0.416 e. The van der Waals surface area contributed by atoms with Gasteiger partial charge in [-0.05, 0) is 88.8 Å². The van der Waals surface area contributed by atoms with E-state index in [9.17, 15) is 31.9 Å². The Morgan fingerprint density at radius 1 is 1.03 bits per heavy atom. The van der Waals surface area contributed by atoms with Crippen molar-refractivity contribution < 1.29 is 41.4 Å². The fourth-order valence-electron chi connectivity index (χ4n) is 4.46. The summed E-state index contributed by atoms with van der Waals surface area (Å²) in [7, 11) is 1.02. The summed E-state index contributed by atoms with van der Waals surface area (Å²) >= 11 is 0. The number of nitrogens with one attached hydrogen (secondary N) is 2. The van der Waals surface area contributed by atoms with E-state index >= 15 is 0 Å². The number of carbonyl (C=O) groups is 3. The first kappa shape index (κ1) is 27.7. The molecule has 7 nitrogen and oxygen atoms in total. The molecule has 0 aromatic heterocycles. The number of alkyl carbamates (subject to hydrolysis) is 1. The quantitative estimate of drug-likeness (QED) is 0.357. The van der Waals surface area contributed by atoms with Gasteiger partial charge in [0.15, 0.2) is 0 Å². The summed E-state index contributed by atoms with van der Waals surface area (Å²) in [4.78, 5) is 37.6. The van der Waals surface area contributed by atoms with Crippen LogP contribution in [0.3, 0.4) is 0 Å². The average molecular weight is 517 g/mol. The van der Waals surface area contributed by atoms with E-state index in [1.165, 1.54) is 6.92 Å². The molecule has 0 heterocycles. The van der Waals surface area contributed by atoms with E-state index in [0.717, 1.165) is 32.8 Å². The monoisotopic (exact) mass is 516 g/mol. The topological polar surface area (TPSA) is 93.7 Å². The Hall–Kier alpha value is -2.85. The van der Waals surface area contributed by atoms with Crippen LogP contribution in [0, 0.1) is 23.6 Å². The number of anilines is 1. The van der Waals surface area contributed by atoms with Crippen molar-refractivity contribution in [2.45, 2.75) is 77.1 Å². The van der Waals surface area contributed by atoms with Crippen molar-refractivity contribution in [1.29, 1.82) is 0 Å². The highest BCUT2D eigenvalue weighted by molar-refractivity contribution is 5.97. The first-order valence-electron chi connectivity index (χ1n) is 11.9. The van der Waals surface area contributed by atoms with Gasteiger partial charge in [-0.15, -0.1) is 0 Å². The summed E-state index contributed by atoms with van der Waals surface area (Å²) in [5.74, 6) is -4.19. The van der Waals surface area contributed by atoms with Gasteiger partial charge in [0.25, 0.3) is 0 Å². The standard InChI is InChI=1S/C25H32F4N2O5/c1-12(22(33)35-5)15-10-17(26)18(11-16(15)25(27,28)29)30-21(32)20(31-23(34)36-24(2,3)4)19(13-6-7-13)14-8-9-14/h10-14,19-20H,6-9H2,1-5H3,(H,30,32)(H,31,34). The molecule has 1 aromatic carbocycles. The predicted molar refractivity (Wildman–Crippen MR) is 123 cm³/mol. The highest BCUT2D eigenvalue weighted by Gasteiger charge is 2.49. The first-order chi connectivity index (χ1) is 16.6. The molecule has 2 N–H and O–H groups in total. The lowest BCUT2D eigenvalue weighted by Crippen LogP contribution is -2.51. The van der Waals surface area contributed by atoms with Gasteiger partial charge in [-0.3, -0.25) is 9.59 Å². The lowest BCUT2D eigenvalue weighted by Gasteiger charge is -2.29. The zero-order valence-corrected chi connectivity index (χ0v) is 20.9. The van der Waals surface area contributed by atoms with Crippen molar-refractivity contribution in [2.24, 2.45) is 17.8 Å². The number of benzene rings is 1. The molecule has 0 spiro atoms. The fourth-order valence-corrected chi connectivity index (χ4v) is 4.46. The smallest absolute Gasteiger partial charge is 0.416 e. The largest absolute Gasteiger partial charge is 0.469 e. The molecule has 0 bridgehead atoms. The number of alkyl halides is 3. The van der Waals surface area contributed by atoms with Crippen molar-refractivity contribution >= 4 is 23.7 Å². The molecule has 3 rings (SSSR count). The molecular formula is C25H32F4N2O5. The summed E-state index contributed by atoms with van der Waals surface area (Å²) in [5.41, 5.74) is -3.41. The molecule has 2 saturated carbocycles. The molecule has 200 valence electrons. The Morgan fingerprint density at radius 2 is 1.58 bits per heavy atom. The van der Waals surface area contributed by atoms with Gasteiger partial charge in [0.05, 0.1) is 24.3 Å². The Bertz CT molecular complexity index is 1000. The lowest BCUT2D eigenvalue weighted by atomic mass is 9.88. The van der Waals surface area contributed by atoms with Crippen molar-refractivity contribution in [3.8, 4) is 0 Å². The molecule has 2 amide bonds. The minimum absolute atomic E-state index is 0.182. The summed E-state index contributed by atoms with van der Waals surface area (Å²) < 4.78 is 66.2. The maximum atomic E-state index is 15.0. The fraction of sp³-hybridized carbons (Fsp3) is 0.640. The van der Waals surface area contributed by atoms with Crippen LogP contribution in [-0.2, 0) is 25.2 Å². The number of amides is 2. The van der Waals surface area contributed by atoms with Crippen LogP contribution >= 0.6 is 0 Å². The minimum atomic E-state index is -4.93. The van der Waals surface area contributed by atoms with Gasteiger partial charge in [-0.1, -0.05) is 0 Å². The van der Waals surface area contributed by atoms with E-state index < -0.39 is 64.3 Å². The van der Waals surface area contributed by atoms with E-state index in [-0.39, 0.29) is 17.8 Å². The van der Waals surface area contributed by atoms with Crippen molar-refractivity contribution in [3.63, 3.8) is 0 Å². The number of esters is 1. The Morgan fingerprint density at radius 3 is 2.03 bits per heavy atom. The van der Waals surface area contributed by atoms with Crippen LogP contribution in [0.5, 0.6) is 0 Å². The number of rotatable bonds is 8. The summed E-state index contributed by atoms with van der Waals surface area (Å²) in [6, 6.07) is -0.0620. The number of ether oxygens (including phenoxy) is 2. The Kier molecular flexibility index (Phi) is 7.90. The third-order valence-electron chi connectivity index (χ3n) is 6.40. The highest BCUT2D eigenvalue weighted by atomic mass is 19.4. The predicted octanol–water partition coefficient (Wildman–Crippen LogP) is 5.39. The van der Waals surface area contributed by atoms with Gasteiger partial charge in [-0.25, -0.2) is 9.18 Å².